The molecule has 0 aliphatic carbocycles. The highest BCUT2D eigenvalue weighted by Gasteiger charge is 2.19. The molecule has 0 spiro atoms. The van der Waals surface area contributed by atoms with Crippen LogP contribution >= 0.6 is 22.6 Å². The predicted octanol–water partition coefficient (Wildman–Crippen LogP) is 1.92. The summed E-state index contributed by atoms with van der Waals surface area (Å²) in [7, 11) is 0. The van der Waals surface area contributed by atoms with Crippen LogP contribution in [0.1, 0.15) is 18.5 Å². The van der Waals surface area contributed by atoms with Gasteiger partial charge in [-0.1, -0.05) is 0 Å². The summed E-state index contributed by atoms with van der Waals surface area (Å²) in [6.45, 7) is 1.66. The molecule has 0 unspecified atom stereocenters. The summed E-state index contributed by atoms with van der Waals surface area (Å²) >= 11 is 1.94. The van der Waals surface area contributed by atoms with Crippen LogP contribution in [0.5, 0.6) is 5.75 Å². The number of phenols is 1. The smallest absolute Gasteiger partial charge is 0.312 e. The zero-order chi connectivity index (χ0) is 10.9. The molecule has 3 N–H and O–H groups in total. The number of aromatic hydroxyl groups is 1. The van der Waals surface area contributed by atoms with Gasteiger partial charge in [-0.15, -0.1) is 0 Å². The van der Waals surface area contributed by atoms with Gasteiger partial charge < -0.3 is 10.8 Å². The molecule has 1 aromatic carbocycles. The van der Waals surface area contributed by atoms with E-state index in [1.807, 2.05) is 22.6 Å². The monoisotopic (exact) mass is 308 g/mol. The van der Waals surface area contributed by atoms with Gasteiger partial charge in [-0.3, -0.25) is 10.1 Å². The van der Waals surface area contributed by atoms with E-state index in [2.05, 4.69) is 0 Å². The second-order valence-corrected chi connectivity index (χ2v) is 4.15. The highest BCUT2D eigenvalue weighted by atomic mass is 127. The number of phenolic OH excluding ortho intramolecular Hbond substituents is 1. The number of nitrogens with two attached hydrogens (primary N) is 1. The Balaban J connectivity index is 3.40. The minimum atomic E-state index is -0.622. The van der Waals surface area contributed by atoms with Gasteiger partial charge in [0.05, 0.1) is 4.92 Å². The van der Waals surface area contributed by atoms with Crippen molar-refractivity contribution in [2.75, 3.05) is 0 Å². The van der Waals surface area contributed by atoms with E-state index in [4.69, 9.17) is 5.73 Å². The number of hydrogen-bond donors (Lipinski definition) is 2. The maximum Gasteiger partial charge on any atom is 0.312 e. The number of nitro groups is 1. The molecule has 0 aliphatic rings. The minimum Gasteiger partial charge on any atom is -0.502 e. The summed E-state index contributed by atoms with van der Waals surface area (Å²) in [5.41, 5.74) is 5.66. The minimum absolute atomic E-state index is 0.302. The second-order valence-electron chi connectivity index (χ2n) is 2.91. The van der Waals surface area contributed by atoms with E-state index < -0.39 is 11.0 Å². The van der Waals surface area contributed by atoms with E-state index in [-0.39, 0.29) is 11.4 Å². The SMILES string of the molecule is C[C@H](N)c1cc(I)cc([N+](=O)[O-])c1O. The lowest BCUT2D eigenvalue weighted by Gasteiger charge is -2.08. The van der Waals surface area contributed by atoms with Crippen LogP contribution in [0.25, 0.3) is 0 Å². The van der Waals surface area contributed by atoms with E-state index in [1.165, 1.54) is 6.07 Å². The third kappa shape index (κ3) is 2.13. The van der Waals surface area contributed by atoms with Crippen molar-refractivity contribution in [3.8, 4) is 5.75 Å². The van der Waals surface area contributed by atoms with Crippen molar-refractivity contribution in [1.29, 1.82) is 0 Å². The fourth-order valence-corrected chi connectivity index (χ4v) is 1.72. The Morgan fingerprint density at radius 2 is 2.21 bits per heavy atom. The van der Waals surface area contributed by atoms with Crippen molar-refractivity contribution < 1.29 is 10.0 Å². The third-order valence-electron chi connectivity index (χ3n) is 1.77. The second kappa shape index (κ2) is 4.09. The Labute approximate surface area is 94.2 Å². The molecule has 6 heteroatoms. The van der Waals surface area contributed by atoms with E-state index in [0.29, 0.717) is 9.13 Å². The molecule has 0 heterocycles. The van der Waals surface area contributed by atoms with Crippen molar-refractivity contribution in [2.45, 2.75) is 13.0 Å². The maximum absolute atomic E-state index is 10.6. The predicted molar refractivity (Wildman–Crippen MR) is 60.1 cm³/mol. The lowest BCUT2D eigenvalue weighted by atomic mass is 10.1. The first kappa shape index (κ1) is 11.2. The number of nitro benzene ring substituents is 1. The van der Waals surface area contributed by atoms with E-state index in [1.54, 1.807) is 13.0 Å². The van der Waals surface area contributed by atoms with Crippen molar-refractivity contribution >= 4 is 28.3 Å². The van der Waals surface area contributed by atoms with Gasteiger partial charge in [0.2, 0.25) is 0 Å². The Kier molecular flexibility index (Phi) is 3.27. The van der Waals surface area contributed by atoms with Gasteiger partial charge >= 0.3 is 5.69 Å². The van der Waals surface area contributed by atoms with Crippen molar-refractivity contribution in [1.82, 2.24) is 0 Å². The molecule has 76 valence electrons. The Bertz CT molecular complexity index is 379. The zero-order valence-corrected chi connectivity index (χ0v) is 9.56. The van der Waals surface area contributed by atoms with Gasteiger partial charge in [0.15, 0.2) is 5.75 Å². The quantitative estimate of drug-likeness (QED) is 0.496. The topological polar surface area (TPSA) is 89.4 Å². The fraction of sp³-hybridized carbons (Fsp3) is 0.250. The van der Waals surface area contributed by atoms with Gasteiger partial charge in [-0.2, -0.15) is 0 Å². The third-order valence-corrected chi connectivity index (χ3v) is 2.39. The summed E-state index contributed by atoms with van der Waals surface area (Å²) in [6.07, 6.45) is 0. The molecule has 14 heavy (non-hydrogen) atoms. The molecule has 1 rings (SSSR count). The number of nitrogens with zero attached hydrogens (tertiary/aromatic N) is 1. The summed E-state index contributed by atoms with van der Waals surface area (Å²) in [6, 6.07) is 2.51. The van der Waals surface area contributed by atoms with Gasteiger partial charge in [0.25, 0.3) is 0 Å². The molecule has 0 amide bonds. The average Bonchev–Trinajstić information content (AvgIpc) is 2.07. The molecule has 1 atom stereocenters. The van der Waals surface area contributed by atoms with E-state index >= 15 is 0 Å². The van der Waals surface area contributed by atoms with Crippen molar-refractivity contribution in [2.24, 2.45) is 5.73 Å². The average molecular weight is 308 g/mol. The first-order chi connectivity index (χ1) is 6.43. The van der Waals surface area contributed by atoms with Crippen molar-refractivity contribution in [3.63, 3.8) is 0 Å². The summed E-state index contributed by atoms with van der Waals surface area (Å²) in [5.74, 6) is -0.342. The number of benzene rings is 1. The van der Waals surface area contributed by atoms with Crippen molar-refractivity contribution in [3.05, 3.63) is 31.4 Å². The molecule has 0 fully saturated rings. The number of hydrogen-bond acceptors (Lipinski definition) is 4. The highest BCUT2D eigenvalue weighted by Crippen LogP contribution is 2.34. The molecule has 0 radical (unpaired) electrons. The highest BCUT2D eigenvalue weighted by molar-refractivity contribution is 14.1. The molecule has 0 bridgehead atoms. The first-order valence-corrected chi connectivity index (χ1v) is 4.93. The van der Waals surface area contributed by atoms with Gasteiger partial charge in [0.1, 0.15) is 0 Å². The number of rotatable bonds is 2. The lowest BCUT2D eigenvalue weighted by molar-refractivity contribution is -0.386. The van der Waals surface area contributed by atoms with Crippen LogP contribution in [0.15, 0.2) is 12.1 Å². The van der Waals surface area contributed by atoms with Crippen LogP contribution in [-0.4, -0.2) is 10.0 Å². The zero-order valence-electron chi connectivity index (χ0n) is 7.40. The molecular weight excluding hydrogens is 299 g/mol. The number of halogens is 1. The molecule has 1 aromatic rings. The summed E-state index contributed by atoms with van der Waals surface area (Å²) < 4.78 is 0.680. The molecule has 0 aromatic heterocycles. The largest absolute Gasteiger partial charge is 0.502 e. The molecule has 0 saturated carbocycles. The van der Waals surface area contributed by atoms with E-state index in [0.717, 1.165) is 0 Å². The van der Waals surface area contributed by atoms with Gasteiger partial charge in [-0.05, 0) is 35.6 Å². The fourth-order valence-electron chi connectivity index (χ4n) is 1.09. The normalized spacial score (nSPS) is 12.5. The standard InChI is InChI=1S/C8H9IN2O3/c1-4(10)6-2-5(9)3-7(8(6)12)11(13)14/h2-4,12H,10H2,1H3/t4-/m0/s1. The summed E-state index contributed by atoms with van der Waals surface area (Å²) in [5, 5.41) is 20.1. The van der Waals surface area contributed by atoms with Crippen LogP contribution in [0.3, 0.4) is 0 Å². The van der Waals surface area contributed by atoms with Crippen LogP contribution in [0.2, 0.25) is 0 Å². The van der Waals surface area contributed by atoms with Crippen LogP contribution in [0, 0.1) is 13.7 Å². The molecule has 0 aliphatic heterocycles. The van der Waals surface area contributed by atoms with Crippen LogP contribution < -0.4 is 5.73 Å². The Morgan fingerprint density at radius 3 is 2.64 bits per heavy atom. The van der Waals surface area contributed by atoms with Crippen LogP contribution in [0.4, 0.5) is 5.69 Å². The summed E-state index contributed by atoms with van der Waals surface area (Å²) in [4.78, 5) is 9.93. The van der Waals surface area contributed by atoms with Gasteiger partial charge in [-0.25, -0.2) is 0 Å². The van der Waals surface area contributed by atoms with Crippen LogP contribution in [-0.2, 0) is 0 Å². The molecule has 0 saturated heterocycles. The van der Waals surface area contributed by atoms with E-state index in [9.17, 15) is 15.2 Å². The molecular formula is C8H9IN2O3. The Morgan fingerprint density at radius 1 is 1.64 bits per heavy atom. The Hall–Kier alpha value is -0.890. The molecule has 5 nitrogen and oxygen atoms in total. The lowest BCUT2D eigenvalue weighted by Crippen LogP contribution is -2.06. The first-order valence-electron chi connectivity index (χ1n) is 3.86. The maximum atomic E-state index is 10.6. The van der Waals surface area contributed by atoms with Gasteiger partial charge in [0, 0.05) is 21.2 Å².